The molecule has 0 bridgehead atoms. The van der Waals surface area contributed by atoms with Crippen molar-refractivity contribution in [1.29, 1.82) is 0 Å². The van der Waals surface area contributed by atoms with E-state index < -0.39 is 12.2 Å². The summed E-state index contributed by atoms with van der Waals surface area (Å²) >= 11 is 12.5. The molecule has 6 rings (SSSR count). The van der Waals surface area contributed by atoms with Gasteiger partial charge in [0.2, 0.25) is 6.10 Å². The van der Waals surface area contributed by atoms with Gasteiger partial charge in [-0.25, -0.2) is 14.4 Å². The van der Waals surface area contributed by atoms with Crippen LogP contribution >= 0.6 is 23.2 Å². The number of anilines is 1. The lowest BCUT2D eigenvalue weighted by Gasteiger charge is -2.47. The third-order valence-corrected chi connectivity index (χ3v) is 11.0. The summed E-state index contributed by atoms with van der Waals surface area (Å²) in [6, 6.07) is 13.4. The number of nitrogens with zero attached hydrogens (tertiary/aromatic N) is 3. The van der Waals surface area contributed by atoms with Crippen molar-refractivity contribution in [3.05, 3.63) is 63.6 Å². The fourth-order valence-electron chi connectivity index (χ4n) is 7.78. The number of quaternary nitrogens is 1. The van der Waals surface area contributed by atoms with Gasteiger partial charge < -0.3 is 25.2 Å². The number of nitrogens with one attached hydrogen (secondary N) is 2. The summed E-state index contributed by atoms with van der Waals surface area (Å²) in [5, 5.41) is 7.35. The van der Waals surface area contributed by atoms with E-state index >= 15 is 0 Å². The standard InChI is InChI=1S/C34H43Cl2N5O4/c35-28-9-8-24(22-29(28)36)23-31(32(42)41(20-4-1-5-21-41)27-10-15-37-16-11-27)45-34(44)39-17-13-26(14-18-39)40-19-12-25-6-2-3-7-30(25)38-33(40)43/h2-3,6-9,22,26-27,31,37H,1,4-5,10-21,23H2/p+1/t31-/m1/s1. The van der Waals surface area contributed by atoms with Crippen LogP contribution in [0.2, 0.25) is 10.0 Å². The van der Waals surface area contributed by atoms with E-state index in [1.165, 1.54) is 0 Å². The largest absolute Gasteiger partial charge is 0.431 e. The number of rotatable bonds is 6. The maximum Gasteiger partial charge on any atom is 0.410 e. The van der Waals surface area contributed by atoms with Gasteiger partial charge >= 0.3 is 18.0 Å². The molecule has 0 aromatic heterocycles. The van der Waals surface area contributed by atoms with Gasteiger partial charge in [0, 0.05) is 63.7 Å². The van der Waals surface area contributed by atoms with Crippen LogP contribution in [0.1, 0.15) is 56.1 Å². The average molecular weight is 658 g/mol. The fourth-order valence-corrected chi connectivity index (χ4v) is 8.10. The molecule has 3 saturated heterocycles. The Bertz CT molecular complexity index is 1390. The Morgan fingerprint density at radius 3 is 2.40 bits per heavy atom. The highest BCUT2D eigenvalue weighted by Crippen LogP contribution is 2.32. The van der Waals surface area contributed by atoms with Gasteiger partial charge in [0.05, 0.1) is 29.2 Å². The number of fused-ring (bicyclic) bond motifs is 1. The minimum atomic E-state index is -0.935. The van der Waals surface area contributed by atoms with Gasteiger partial charge in [0.25, 0.3) is 0 Å². The molecule has 3 fully saturated rings. The molecule has 0 aliphatic carbocycles. The maximum atomic E-state index is 14.7. The molecule has 2 aromatic carbocycles. The number of hydrogen-bond acceptors (Lipinski definition) is 5. The Hall–Kier alpha value is -2.85. The zero-order chi connectivity index (χ0) is 31.4. The van der Waals surface area contributed by atoms with Crippen LogP contribution in [0.25, 0.3) is 0 Å². The lowest BCUT2D eigenvalue weighted by Crippen LogP contribution is -2.67. The van der Waals surface area contributed by atoms with E-state index in [4.69, 9.17) is 27.9 Å². The first kappa shape index (κ1) is 32.1. The molecule has 0 saturated carbocycles. The molecule has 4 aliphatic rings. The van der Waals surface area contributed by atoms with E-state index in [9.17, 15) is 14.4 Å². The van der Waals surface area contributed by atoms with Gasteiger partial charge in [0.1, 0.15) is 0 Å². The minimum absolute atomic E-state index is 0.00304. The predicted octanol–water partition coefficient (Wildman–Crippen LogP) is 5.88. The zero-order valence-electron chi connectivity index (χ0n) is 25.8. The van der Waals surface area contributed by atoms with Crippen molar-refractivity contribution in [2.75, 3.05) is 51.1 Å². The third-order valence-electron chi connectivity index (χ3n) is 10.3. The van der Waals surface area contributed by atoms with Crippen molar-refractivity contribution in [1.82, 2.24) is 15.1 Å². The summed E-state index contributed by atoms with van der Waals surface area (Å²) in [7, 11) is 0. The van der Waals surface area contributed by atoms with E-state index in [1.807, 2.05) is 29.2 Å². The number of carbonyl (C=O) groups excluding carboxylic acids is 3. The number of hydrogen-bond donors (Lipinski definition) is 2. The Labute approximate surface area is 275 Å². The molecule has 9 nitrogen and oxygen atoms in total. The van der Waals surface area contributed by atoms with Gasteiger partial charge in [-0.15, -0.1) is 0 Å². The number of ether oxygens (including phenoxy) is 1. The number of urea groups is 1. The summed E-state index contributed by atoms with van der Waals surface area (Å²) in [5.74, 6) is -0.00304. The summed E-state index contributed by atoms with van der Waals surface area (Å²) in [4.78, 5) is 45.1. The molecule has 0 unspecified atom stereocenters. The number of piperidine rings is 3. The summed E-state index contributed by atoms with van der Waals surface area (Å²) < 4.78 is 6.58. The summed E-state index contributed by atoms with van der Waals surface area (Å²) in [6.45, 7) is 4.91. The fraction of sp³-hybridized carbons (Fsp3) is 0.559. The molecule has 11 heteroatoms. The van der Waals surface area contributed by atoms with Crippen molar-refractivity contribution in [2.45, 2.75) is 76.0 Å². The molecular formula is C34H44Cl2N5O4+. The van der Waals surface area contributed by atoms with Gasteiger partial charge in [-0.05, 0) is 67.9 Å². The molecule has 0 radical (unpaired) electrons. The smallest absolute Gasteiger partial charge is 0.410 e. The highest BCUT2D eigenvalue weighted by atomic mass is 35.5. The quantitative estimate of drug-likeness (QED) is 0.379. The van der Waals surface area contributed by atoms with Crippen LogP contribution in [0.5, 0.6) is 0 Å². The van der Waals surface area contributed by atoms with Gasteiger partial charge in [-0.1, -0.05) is 47.5 Å². The molecule has 1 atom stereocenters. The second-order valence-electron chi connectivity index (χ2n) is 12.9. The Morgan fingerprint density at radius 2 is 1.67 bits per heavy atom. The van der Waals surface area contributed by atoms with E-state index in [0.717, 1.165) is 81.5 Å². The molecule has 242 valence electrons. The number of halogens is 2. The summed E-state index contributed by atoms with van der Waals surface area (Å²) in [5.41, 5.74) is 2.80. The number of benzene rings is 2. The van der Waals surface area contributed by atoms with E-state index in [1.54, 1.807) is 17.0 Å². The van der Waals surface area contributed by atoms with E-state index in [-0.39, 0.29) is 30.4 Å². The Kier molecular flexibility index (Phi) is 10.2. The van der Waals surface area contributed by atoms with Crippen LogP contribution < -0.4 is 10.6 Å². The second-order valence-corrected chi connectivity index (χ2v) is 13.7. The number of amides is 4. The van der Waals surface area contributed by atoms with Crippen LogP contribution in [-0.2, 0) is 22.4 Å². The molecule has 4 amide bonds. The average Bonchev–Trinajstić information content (AvgIpc) is 3.24. The van der Waals surface area contributed by atoms with Crippen LogP contribution in [0.4, 0.5) is 15.3 Å². The first-order valence-electron chi connectivity index (χ1n) is 16.5. The van der Waals surface area contributed by atoms with Gasteiger partial charge in [0.15, 0.2) is 0 Å². The molecule has 4 aliphatic heterocycles. The molecule has 0 spiro atoms. The van der Waals surface area contributed by atoms with E-state index in [0.29, 0.717) is 47.0 Å². The normalized spacial score (nSPS) is 21.8. The lowest BCUT2D eigenvalue weighted by atomic mass is 9.94. The highest BCUT2D eigenvalue weighted by Gasteiger charge is 2.50. The third kappa shape index (κ3) is 7.12. The Morgan fingerprint density at radius 1 is 0.933 bits per heavy atom. The van der Waals surface area contributed by atoms with Crippen LogP contribution in [0, 0.1) is 0 Å². The second kappa shape index (κ2) is 14.3. The molecular weight excluding hydrogens is 613 g/mol. The zero-order valence-corrected chi connectivity index (χ0v) is 27.3. The number of likely N-dealkylation sites (tertiary alicyclic amines) is 2. The molecule has 2 aromatic rings. The highest BCUT2D eigenvalue weighted by molar-refractivity contribution is 6.42. The SMILES string of the molecule is O=C(O[C@H](Cc1ccc(Cl)c(Cl)c1)C(=O)[N+]1(C2CCNCC2)CCCCC1)N1CCC(N2CCc3ccccc3NC2=O)CC1. The van der Waals surface area contributed by atoms with Crippen LogP contribution in [0.3, 0.4) is 0 Å². The van der Waals surface area contributed by atoms with Crippen molar-refractivity contribution >= 4 is 46.9 Å². The van der Waals surface area contributed by atoms with Crippen molar-refractivity contribution < 1.29 is 23.6 Å². The molecule has 2 N–H and O–H groups in total. The first-order valence-corrected chi connectivity index (χ1v) is 17.3. The van der Waals surface area contributed by atoms with Gasteiger partial charge in [-0.3, -0.25) is 4.48 Å². The van der Waals surface area contributed by atoms with Crippen LogP contribution in [0.15, 0.2) is 42.5 Å². The van der Waals surface area contributed by atoms with E-state index in [2.05, 4.69) is 16.7 Å². The number of carbonyl (C=O) groups is 3. The van der Waals surface area contributed by atoms with Crippen molar-refractivity contribution in [3.63, 3.8) is 0 Å². The lowest BCUT2D eigenvalue weighted by molar-refractivity contribution is -0.886. The van der Waals surface area contributed by atoms with Crippen LogP contribution in [-0.4, -0.2) is 96.3 Å². The first-order chi connectivity index (χ1) is 21.8. The molecule has 4 heterocycles. The maximum absolute atomic E-state index is 14.7. The van der Waals surface area contributed by atoms with Crippen molar-refractivity contribution in [3.8, 4) is 0 Å². The number of para-hydroxylation sites is 1. The van der Waals surface area contributed by atoms with Crippen molar-refractivity contribution in [2.24, 2.45) is 0 Å². The minimum Gasteiger partial charge on any atom is -0.431 e. The Balaban J connectivity index is 1.16. The predicted molar refractivity (Wildman–Crippen MR) is 176 cm³/mol. The summed E-state index contributed by atoms with van der Waals surface area (Å²) in [6.07, 6.45) is 5.89. The topological polar surface area (TPSA) is 91.0 Å². The monoisotopic (exact) mass is 656 g/mol. The molecule has 45 heavy (non-hydrogen) atoms. The van der Waals surface area contributed by atoms with Gasteiger partial charge in [-0.2, -0.15) is 0 Å².